The Morgan fingerprint density at radius 1 is 1.14 bits per heavy atom. The number of nitrogens with one attached hydrogen (secondary N) is 1. The van der Waals surface area contributed by atoms with Crippen LogP contribution in [0.1, 0.15) is 42.0 Å². The van der Waals surface area contributed by atoms with Crippen LogP contribution in [-0.4, -0.2) is 56.2 Å². The molecule has 0 aliphatic carbocycles. The number of hydrogen-bond donors (Lipinski definition) is 1. The van der Waals surface area contributed by atoms with Gasteiger partial charge in [-0.1, -0.05) is 24.3 Å². The van der Waals surface area contributed by atoms with E-state index in [-0.39, 0.29) is 17.7 Å². The molecule has 0 saturated carbocycles. The molecule has 6 rings (SSSR count). The van der Waals surface area contributed by atoms with Crippen molar-refractivity contribution in [1.82, 2.24) is 19.6 Å². The topological polar surface area (TPSA) is 95.5 Å². The number of anilines is 1. The maximum absolute atomic E-state index is 14.1. The highest BCUT2D eigenvalue weighted by molar-refractivity contribution is 7.81. The first-order valence-corrected chi connectivity index (χ1v) is 13.5. The number of aromatic nitrogens is 2. The molecule has 9 heteroatoms. The van der Waals surface area contributed by atoms with Gasteiger partial charge in [-0.05, 0) is 35.4 Å². The summed E-state index contributed by atoms with van der Waals surface area (Å²) in [4.78, 5) is 37.1. The largest absolute Gasteiger partial charge is 0.355 e. The molecule has 0 bridgehead atoms. The fourth-order valence-electron chi connectivity index (χ4n) is 6.02. The van der Waals surface area contributed by atoms with Crippen molar-refractivity contribution in [3.8, 4) is 0 Å². The van der Waals surface area contributed by atoms with Gasteiger partial charge in [0.15, 0.2) is 0 Å². The smallest absolute Gasteiger partial charge is 0.238 e. The van der Waals surface area contributed by atoms with Crippen LogP contribution >= 0.6 is 0 Å². The fraction of sp³-hybridized carbons (Fsp3) is 0.385. The molecule has 5 heterocycles. The molecule has 2 unspecified atom stereocenters. The Balaban J connectivity index is 1.41. The van der Waals surface area contributed by atoms with E-state index in [1.54, 1.807) is 18.6 Å². The van der Waals surface area contributed by atoms with E-state index in [4.69, 9.17) is 4.98 Å². The Labute approximate surface area is 206 Å². The second-order valence-corrected chi connectivity index (χ2v) is 11.0. The van der Waals surface area contributed by atoms with Gasteiger partial charge in [-0.2, -0.15) is 0 Å². The minimum Gasteiger partial charge on any atom is -0.355 e. The van der Waals surface area contributed by atoms with Crippen LogP contribution in [0.2, 0.25) is 0 Å². The monoisotopic (exact) mass is 489 g/mol. The van der Waals surface area contributed by atoms with E-state index in [0.717, 1.165) is 33.3 Å². The summed E-state index contributed by atoms with van der Waals surface area (Å²) < 4.78 is 13.9. The predicted octanol–water partition coefficient (Wildman–Crippen LogP) is 2.41. The lowest BCUT2D eigenvalue weighted by Gasteiger charge is -2.37. The SMILES string of the molecule is CS(=O)N1CCC2(CC1)C(=O)N(Cc1ncc3ccccc3c1C1CNC(=O)C1)c1cnccc12. The number of nitrogens with zero attached hydrogens (tertiary/aromatic N) is 4. The van der Waals surface area contributed by atoms with Crippen molar-refractivity contribution in [2.45, 2.75) is 37.1 Å². The lowest BCUT2D eigenvalue weighted by molar-refractivity contribution is -0.124. The van der Waals surface area contributed by atoms with Gasteiger partial charge in [-0.25, -0.2) is 8.51 Å². The quantitative estimate of drug-likeness (QED) is 0.607. The number of benzene rings is 1. The van der Waals surface area contributed by atoms with Crippen molar-refractivity contribution in [2.24, 2.45) is 0 Å². The number of pyridine rings is 2. The highest BCUT2D eigenvalue weighted by Gasteiger charge is 2.52. The Bertz CT molecular complexity index is 1370. The van der Waals surface area contributed by atoms with Crippen LogP contribution in [0.25, 0.3) is 10.8 Å². The molecule has 2 atom stereocenters. The number of amides is 2. The Morgan fingerprint density at radius 3 is 2.69 bits per heavy atom. The van der Waals surface area contributed by atoms with Gasteiger partial charge in [0.25, 0.3) is 0 Å². The van der Waals surface area contributed by atoms with Crippen LogP contribution in [-0.2, 0) is 32.5 Å². The lowest BCUT2D eigenvalue weighted by atomic mass is 9.74. The molecule has 2 amide bonds. The number of carbonyl (C=O) groups excluding carboxylic acids is 2. The average Bonchev–Trinajstić information content (AvgIpc) is 3.40. The molecular weight excluding hydrogens is 462 g/mol. The Kier molecular flexibility index (Phi) is 5.41. The molecule has 1 N–H and O–H groups in total. The van der Waals surface area contributed by atoms with Gasteiger partial charge < -0.3 is 10.2 Å². The summed E-state index contributed by atoms with van der Waals surface area (Å²) in [6.45, 7) is 2.12. The number of piperidine rings is 1. The van der Waals surface area contributed by atoms with E-state index in [1.165, 1.54) is 0 Å². The van der Waals surface area contributed by atoms with Crippen molar-refractivity contribution in [2.75, 3.05) is 30.8 Å². The first kappa shape index (κ1) is 22.3. The third-order valence-corrected chi connectivity index (χ3v) is 8.91. The zero-order valence-electron chi connectivity index (χ0n) is 19.6. The van der Waals surface area contributed by atoms with Crippen LogP contribution in [0.3, 0.4) is 0 Å². The molecule has 2 aromatic heterocycles. The van der Waals surface area contributed by atoms with Crippen LogP contribution in [0, 0.1) is 0 Å². The summed E-state index contributed by atoms with van der Waals surface area (Å²) in [6, 6.07) is 10.0. The van der Waals surface area contributed by atoms with Crippen LogP contribution in [0.4, 0.5) is 5.69 Å². The molecule has 1 aromatic carbocycles. The molecule has 0 radical (unpaired) electrons. The Hall–Kier alpha value is -3.17. The van der Waals surface area contributed by atoms with Crippen molar-refractivity contribution in [1.29, 1.82) is 0 Å². The maximum Gasteiger partial charge on any atom is 0.238 e. The number of fused-ring (bicyclic) bond motifs is 3. The van der Waals surface area contributed by atoms with Gasteiger partial charge in [-0.3, -0.25) is 19.6 Å². The number of hydrogen-bond acceptors (Lipinski definition) is 5. The summed E-state index contributed by atoms with van der Waals surface area (Å²) in [5.74, 6) is 0.113. The minimum absolute atomic E-state index is 0.0129. The van der Waals surface area contributed by atoms with Gasteiger partial charge in [0.1, 0.15) is 0 Å². The van der Waals surface area contributed by atoms with Gasteiger partial charge in [0.05, 0.1) is 40.5 Å². The standard InChI is InChI=1S/C26H27N5O3S/c1-35(34)30-10-7-26(8-11-30)20-6-9-27-15-22(20)31(25(26)33)16-21-24(18-12-23(32)29-14-18)19-5-3-2-4-17(19)13-28-21/h2-6,9,13,15,18H,7-8,10-12,14,16H2,1H3,(H,29,32). The normalized spacial score (nSPS) is 22.5. The van der Waals surface area contributed by atoms with E-state index in [1.807, 2.05) is 39.7 Å². The molecule has 2 saturated heterocycles. The highest BCUT2D eigenvalue weighted by Crippen LogP contribution is 2.48. The fourth-order valence-corrected chi connectivity index (χ4v) is 6.72. The molecular formula is C26H27N5O3S. The summed E-state index contributed by atoms with van der Waals surface area (Å²) in [5.41, 5.74) is 3.05. The summed E-state index contributed by atoms with van der Waals surface area (Å²) in [7, 11) is -1.05. The second kappa shape index (κ2) is 8.49. The van der Waals surface area contributed by atoms with E-state index in [2.05, 4.69) is 16.4 Å². The molecule has 35 heavy (non-hydrogen) atoms. The molecule has 1 spiro atoms. The molecule has 180 valence electrons. The van der Waals surface area contributed by atoms with Crippen molar-refractivity contribution < 1.29 is 13.8 Å². The van der Waals surface area contributed by atoms with Crippen LogP contribution in [0.15, 0.2) is 48.9 Å². The number of rotatable bonds is 4. The van der Waals surface area contributed by atoms with E-state index in [9.17, 15) is 13.8 Å². The summed E-state index contributed by atoms with van der Waals surface area (Å²) in [5, 5.41) is 5.05. The molecule has 3 aliphatic rings. The van der Waals surface area contributed by atoms with Gasteiger partial charge in [0, 0.05) is 56.0 Å². The first-order chi connectivity index (χ1) is 17.0. The van der Waals surface area contributed by atoms with E-state index < -0.39 is 16.4 Å². The molecule has 8 nitrogen and oxygen atoms in total. The third-order valence-electron chi connectivity index (χ3n) is 7.82. The zero-order chi connectivity index (χ0) is 24.2. The van der Waals surface area contributed by atoms with Crippen molar-refractivity contribution in [3.05, 3.63) is 65.7 Å². The number of carbonyl (C=O) groups is 2. The third kappa shape index (κ3) is 3.56. The molecule has 3 aliphatic heterocycles. The van der Waals surface area contributed by atoms with Crippen molar-refractivity contribution in [3.63, 3.8) is 0 Å². The van der Waals surface area contributed by atoms with Gasteiger partial charge >= 0.3 is 0 Å². The van der Waals surface area contributed by atoms with E-state index >= 15 is 0 Å². The highest BCUT2D eigenvalue weighted by atomic mass is 32.2. The maximum atomic E-state index is 14.1. The average molecular weight is 490 g/mol. The second-order valence-electron chi connectivity index (χ2n) is 9.63. The predicted molar refractivity (Wildman–Crippen MR) is 134 cm³/mol. The summed E-state index contributed by atoms with van der Waals surface area (Å²) >= 11 is 0. The molecule has 2 fully saturated rings. The first-order valence-electron chi connectivity index (χ1n) is 12.0. The summed E-state index contributed by atoms with van der Waals surface area (Å²) in [6.07, 6.45) is 8.73. The minimum atomic E-state index is -1.05. The van der Waals surface area contributed by atoms with E-state index in [0.29, 0.717) is 45.4 Å². The van der Waals surface area contributed by atoms with Crippen molar-refractivity contribution >= 4 is 39.3 Å². The van der Waals surface area contributed by atoms with Crippen LogP contribution in [0.5, 0.6) is 0 Å². The zero-order valence-corrected chi connectivity index (χ0v) is 20.4. The molecule has 3 aromatic rings. The Morgan fingerprint density at radius 2 is 1.94 bits per heavy atom. The lowest BCUT2D eigenvalue weighted by Crippen LogP contribution is -2.48. The van der Waals surface area contributed by atoms with Gasteiger partial charge in [-0.15, -0.1) is 0 Å². The van der Waals surface area contributed by atoms with Crippen LogP contribution < -0.4 is 10.2 Å². The van der Waals surface area contributed by atoms with Gasteiger partial charge in [0.2, 0.25) is 11.8 Å².